The Kier molecular flexibility index (Phi) is 4.51. The highest BCUT2D eigenvalue weighted by atomic mass is 79.9. The minimum Gasteiger partial charge on any atom is -0.497 e. The van der Waals surface area contributed by atoms with Gasteiger partial charge in [0, 0.05) is 16.5 Å². The lowest BCUT2D eigenvalue weighted by Crippen LogP contribution is -1.96. The van der Waals surface area contributed by atoms with E-state index in [-0.39, 0.29) is 4.83 Å². The molecular weight excluding hydrogens is 360 g/mol. The van der Waals surface area contributed by atoms with Crippen LogP contribution in [0.5, 0.6) is 5.75 Å². The molecule has 0 aliphatic carbocycles. The minimum atomic E-state index is 0.117. The third-order valence-corrected chi connectivity index (χ3v) is 4.53. The van der Waals surface area contributed by atoms with Crippen LogP contribution in [0.3, 0.4) is 0 Å². The predicted octanol–water partition coefficient (Wildman–Crippen LogP) is 5.10. The van der Waals surface area contributed by atoms with Crippen molar-refractivity contribution in [1.29, 1.82) is 0 Å². The summed E-state index contributed by atoms with van der Waals surface area (Å²) in [5, 5.41) is 0. The molecular formula is C14H14Br2O2. The molecule has 4 heteroatoms. The van der Waals surface area contributed by atoms with Crippen LogP contribution in [0.1, 0.15) is 28.6 Å². The van der Waals surface area contributed by atoms with Gasteiger partial charge in [-0.05, 0) is 23.8 Å². The molecule has 1 unspecified atom stereocenters. The number of aryl methyl sites for hydroxylation is 1. The van der Waals surface area contributed by atoms with Crippen LogP contribution in [-0.4, -0.2) is 7.11 Å². The normalized spacial score (nSPS) is 12.4. The lowest BCUT2D eigenvalue weighted by atomic mass is 10.0. The van der Waals surface area contributed by atoms with Crippen LogP contribution < -0.4 is 4.74 Å². The van der Waals surface area contributed by atoms with Crippen molar-refractivity contribution in [2.75, 3.05) is 7.11 Å². The highest BCUT2D eigenvalue weighted by Crippen LogP contribution is 2.38. The molecule has 0 radical (unpaired) electrons. The van der Waals surface area contributed by atoms with Crippen LogP contribution in [0, 0.1) is 0 Å². The Labute approximate surface area is 124 Å². The Bertz CT molecular complexity index is 534. The predicted molar refractivity (Wildman–Crippen MR) is 79.6 cm³/mol. The summed E-state index contributed by atoms with van der Waals surface area (Å²) in [5.74, 6) is 1.85. The largest absolute Gasteiger partial charge is 0.497 e. The third-order valence-electron chi connectivity index (χ3n) is 2.85. The quantitative estimate of drug-likeness (QED) is 0.696. The molecule has 0 aliphatic heterocycles. The van der Waals surface area contributed by atoms with E-state index in [0.717, 1.165) is 28.0 Å². The molecule has 0 bridgehead atoms. The van der Waals surface area contributed by atoms with Gasteiger partial charge in [0.05, 0.1) is 18.2 Å². The number of ether oxygens (including phenoxy) is 1. The van der Waals surface area contributed by atoms with E-state index in [0.29, 0.717) is 0 Å². The van der Waals surface area contributed by atoms with E-state index in [1.165, 1.54) is 5.56 Å². The molecule has 18 heavy (non-hydrogen) atoms. The third kappa shape index (κ3) is 2.64. The Hall–Kier alpha value is -0.740. The maximum Gasteiger partial charge on any atom is 0.120 e. The van der Waals surface area contributed by atoms with Crippen LogP contribution in [0.25, 0.3) is 0 Å². The van der Waals surface area contributed by atoms with Crippen molar-refractivity contribution in [3.63, 3.8) is 0 Å². The molecule has 1 aromatic carbocycles. The number of halogens is 2. The lowest BCUT2D eigenvalue weighted by Gasteiger charge is -2.13. The molecule has 2 aromatic rings. The average Bonchev–Trinajstić information content (AvgIpc) is 2.86. The number of hydrogen-bond donors (Lipinski definition) is 0. The molecule has 0 N–H and O–H groups in total. The maximum atomic E-state index is 5.47. The number of hydrogen-bond acceptors (Lipinski definition) is 2. The molecule has 0 spiro atoms. The number of methoxy groups -OCH3 is 1. The second-order valence-electron chi connectivity index (χ2n) is 3.90. The molecule has 0 saturated carbocycles. The van der Waals surface area contributed by atoms with Crippen molar-refractivity contribution in [2.45, 2.75) is 18.2 Å². The van der Waals surface area contributed by atoms with Gasteiger partial charge in [-0.15, -0.1) is 0 Å². The first-order chi connectivity index (χ1) is 8.67. The molecule has 1 aromatic heterocycles. The molecule has 0 saturated heterocycles. The van der Waals surface area contributed by atoms with Crippen molar-refractivity contribution in [3.8, 4) is 5.75 Å². The van der Waals surface area contributed by atoms with E-state index in [4.69, 9.17) is 9.15 Å². The van der Waals surface area contributed by atoms with Gasteiger partial charge in [-0.25, -0.2) is 0 Å². The number of rotatable bonds is 4. The van der Waals surface area contributed by atoms with Crippen molar-refractivity contribution in [2.24, 2.45) is 0 Å². The van der Waals surface area contributed by atoms with Gasteiger partial charge in [-0.3, -0.25) is 0 Å². The van der Waals surface area contributed by atoms with E-state index >= 15 is 0 Å². The van der Waals surface area contributed by atoms with E-state index in [9.17, 15) is 0 Å². The molecule has 96 valence electrons. The summed E-state index contributed by atoms with van der Waals surface area (Å²) in [6.07, 6.45) is 2.62. The van der Waals surface area contributed by atoms with Crippen molar-refractivity contribution < 1.29 is 9.15 Å². The van der Waals surface area contributed by atoms with Gasteiger partial charge in [0.1, 0.15) is 11.5 Å². The summed E-state index contributed by atoms with van der Waals surface area (Å²) in [6.45, 7) is 2.09. The Morgan fingerprint density at radius 1 is 1.28 bits per heavy atom. The highest BCUT2D eigenvalue weighted by Gasteiger charge is 2.18. The van der Waals surface area contributed by atoms with E-state index in [1.807, 2.05) is 18.2 Å². The van der Waals surface area contributed by atoms with Crippen LogP contribution in [0.15, 0.2) is 39.4 Å². The molecule has 0 amide bonds. The van der Waals surface area contributed by atoms with Crippen molar-refractivity contribution in [3.05, 3.63) is 51.9 Å². The summed E-state index contributed by atoms with van der Waals surface area (Å²) in [6, 6.07) is 7.99. The molecule has 1 atom stereocenters. The lowest BCUT2D eigenvalue weighted by molar-refractivity contribution is 0.414. The number of alkyl halides is 1. The van der Waals surface area contributed by atoms with Gasteiger partial charge in [0.25, 0.3) is 0 Å². The smallest absolute Gasteiger partial charge is 0.120 e. The molecule has 2 nitrogen and oxygen atoms in total. The fraction of sp³-hybridized carbons (Fsp3) is 0.286. The Morgan fingerprint density at radius 2 is 2.06 bits per heavy atom. The zero-order valence-electron chi connectivity index (χ0n) is 10.2. The first kappa shape index (κ1) is 13.7. The standard InChI is InChI=1S/C14H14Br2O2/c1-3-13-11(6-7-18-13)14(16)10-5-4-9(17-2)8-12(10)15/h4-8,14H,3H2,1-2H3. The summed E-state index contributed by atoms with van der Waals surface area (Å²) in [7, 11) is 1.67. The summed E-state index contributed by atoms with van der Waals surface area (Å²) in [5.41, 5.74) is 2.33. The van der Waals surface area contributed by atoms with Gasteiger partial charge >= 0.3 is 0 Å². The second kappa shape index (κ2) is 5.93. The SMILES string of the molecule is CCc1occc1C(Br)c1ccc(OC)cc1Br. The Morgan fingerprint density at radius 3 is 2.67 bits per heavy atom. The summed E-state index contributed by atoms with van der Waals surface area (Å²) in [4.78, 5) is 0.117. The first-order valence-corrected chi connectivity index (χ1v) is 7.42. The van der Waals surface area contributed by atoms with Crippen LogP contribution in [-0.2, 0) is 6.42 Å². The maximum absolute atomic E-state index is 5.47. The van der Waals surface area contributed by atoms with Gasteiger partial charge in [-0.1, -0.05) is 44.8 Å². The topological polar surface area (TPSA) is 22.4 Å². The van der Waals surface area contributed by atoms with Crippen LogP contribution >= 0.6 is 31.9 Å². The van der Waals surface area contributed by atoms with E-state index in [1.54, 1.807) is 13.4 Å². The highest BCUT2D eigenvalue weighted by molar-refractivity contribution is 9.11. The molecule has 1 heterocycles. The Balaban J connectivity index is 2.37. The van der Waals surface area contributed by atoms with Gasteiger partial charge < -0.3 is 9.15 Å². The fourth-order valence-corrected chi connectivity index (χ4v) is 3.57. The minimum absolute atomic E-state index is 0.117. The second-order valence-corrected chi connectivity index (χ2v) is 5.67. The van der Waals surface area contributed by atoms with Crippen molar-refractivity contribution >= 4 is 31.9 Å². The summed E-state index contributed by atoms with van der Waals surface area (Å²) < 4.78 is 11.7. The first-order valence-electron chi connectivity index (χ1n) is 5.71. The average molecular weight is 374 g/mol. The zero-order valence-corrected chi connectivity index (χ0v) is 13.4. The van der Waals surface area contributed by atoms with Crippen molar-refractivity contribution in [1.82, 2.24) is 0 Å². The van der Waals surface area contributed by atoms with Crippen LogP contribution in [0.2, 0.25) is 0 Å². The number of benzene rings is 1. The van der Waals surface area contributed by atoms with E-state index in [2.05, 4.69) is 44.8 Å². The van der Waals surface area contributed by atoms with Gasteiger partial charge in [0.15, 0.2) is 0 Å². The molecule has 2 rings (SSSR count). The summed E-state index contributed by atoms with van der Waals surface area (Å²) >= 11 is 7.31. The monoisotopic (exact) mass is 372 g/mol. The van der Waals surface area contributed by atoms with E-state index < -0.39 is 0 Å². The number of furan rings is 1. The van der Waals surface area contributed by atoms with Gasteiger partial charge in [-0.2, -0.15) is 0 Å². The molecule has 0 aliphatic rings. The zero-order chi connectivity index (χ0) is 13.1. The van der Waals surface area contributed by atoms with Crippen LogP contribution in [0.4, 0.5) is 0 Å². The fourth-order valence-electron chi connectivity index (χ4n) is 1.87. The molecule has 0 fully saturated rings. The van der Waals surface area contributed by atoms with Gasteiger partial charge in [0.2, 0.25) is 0 Å².